The second kappa shape index (κ2) is 5.46. The number of hydrogen-bond donors (Lipinski definition) is 1. The molecule has 2 aromatic rings. The Bertz CT molecular complexity index is 700. The first kappa shape index (κ1) is 14.3. The SMILES string of the molecule is Cc1cc(CNS(=O)(=O)c2cnc(Cl)c(Cl)c2)no1. The van der Waals surface area contributed by atoms with Crippen LogP contribution in [-0.2, 0) is 16.6 Å². The van der Waals surface area contributed by atoms with E-state index >= 15 is 0 Å². The highest BCUT2D eigenvalue weighted by molar-refractivity contribution is 7.89. The van der Waals surface area contributed by atoms with Crippen LogP contribution in [0, 0.1) is 6.92 Å². The molecule has 0 fully saturated rings. The summed E-state index contributed by atoms with van der Waals surface area (Å²) >= 11 is 11.4. The van der Waals surface area contributed by atoms with Crippen molar-refractivity contribution >= 4 is 33.2 Å². The lowest BCUT2D eigenvalue weighted by Gasteiger charge is -2.05. The number of halogens is 2. The van der Waals surface area contributed by atoms with Crippen molar-refractivity contribution in [3.05, 3.63) is 40.0 Å². The van der Waals surface area contributed by atoms with E-state index in [9.17, 15) is 8.42 Å². The molecular formula is C10H9Cl2N3O3S. The minimum Gasteiger partial charge on any atom is -0.361 e. The normalized spacial score (nSPS) is 11.7. The zero-order valence-electron chi connectivity index (χ0n) is 9.72. The fourth-order valence-corrected chi connectivity index (χ4v) is 2.61. The number of sulfonamides is 1. The minimum absolute atomic E-state index is 0.0138. The van der Waals surface area contributed by atoms with Gasteiger partial charge in [-0.3, -0.25) is 0 Å². The van der Waals surface area contributed by atoms with Crippen LogP contribution in [-0.4, -0.2) is 18.6 Å². The summed E-state index contributed by atoms with van der Waals surface area (Å²) < 4.78 is 31.1. The topological polar surface area (TPSA) is 85.1 Å². The molecule has 9 heteroatoms. The van der Waals surface area contributed by atoms with Gasteiger partial charge in [0.1, 0.15) is 15.8 Å². The lowest BCUT2D eigenvalue weighted by atomic mass is 10.4. The fourth-order valence-electron chi connectivity index (χ4n) is 1.30. The van der Waals surface area contributed by atoms with Crippen molar-refractivity contribution < 1.29 is 12.9 Å². The van der Waals surface area contributed by atoms with Crippen molar-refractivity contribution in [2.75, 3.05) is 0 Å². The molecule has 0 atom stereocenters. The Balaban J connectivity index is 2.16. The van der Waals surface area contributed by atoms with E-state index in [-0.39, 0.29) is 21.6 Å². The van der Waals surface area contributed by atoms with E-state index < -0.39 is 10.0 Å². The summed E-state index contributed by atoms with van der Waals surface area (Å²) in [5.41, 5.74) is 0.481. The lowest BCUT2D eigenvalue weighted by molar-refractivity contribution is 0.390. The number of nitrogens with zero attached hydrogens (tertiary/aromatic N) is 2. The zero-order chi connectivity index (χ0) is 14.0. The number of hydrogen-bond acceptors (Lipinski definition) is 5. The average molecular weight is 322 g/mol. The van der Waals surface area contributed by atoms with Crippen LogP contribution in [0.4, 0.5) is 0 Å². The molecule has 0 aliphatic heterocycles. The van der Waals surface area contributed by atoms with E-state index in [1.807, 2.05) is 0 Å². The van der Waals surface area contributed by atoms with E-state index in [0.29, 0.717) is 11.5 Å². The van der Waals surface area contributed by atoms with Crippen LogP contribution in [0.2, 0.25) is 10.2 Å². The third kappa shape index (κ3) is 3.44. The molecule has 2 heterocycles. The first-order valence-corrected chi connectivity index (χ1v) is 7.35. The first-order chi connectivity index (χ1) is 8.88. The second-order valence-electron chi connectivity index (χ2n) is 3.70. The minimum atomic E-state index is -3.73. The molecule has 0 saturated heterocycles. The molecule has 2 rings (SSSR count). The molecule has 0 aliphatic rings. The summed E-state index contributed by atoms with van der Waals surface area (Å²) in [5, 5.41) is 3.80. The summed E-state index contributed by atoms with van der Waals surface area (Å²) in [6.07, 6.45) is 1.13. The molecule has 0 saturated carbocycles. The van der Waals surface area contributed by atoms with Crippen LogP contribution in [0.25, 0.3) is 0 Å². The van der Waals surface area contributed by atoms with Crippen molar-refractivity contribution in [3.8, 4) is 0 Å². The third-order valence-corrected chi connectivity index (χ3v) is 4.26. The molecule has 1 N–H and O–H groups in total. The maximum Gasteiger partial charge on any atom is 0.242 e. The third-order valence-electron chi connectivity index (χ3n) is 2.20. The maximum absolute atomic E-state index is 12.0. The van der Waals surface area contributed by atoms with Crippen LogP contribution in [0.3, 0.4) is 0 Å². The Kier molecular flexibility index (Phi) is 4.10. The molecule has 0 radical (unpaired) electrons. The Morgan fingerprint density at radius 2 is 2.11 bits per heavy atom. The summed E-state index contributed by atoms with van der Waals surface area (Å²) in [6, 6.07) is 2.86. The Morgan fingerprint density at radius 3 is 2.68 bits per heavy atom. The molecule has 0 aromatic carbocycles. The van der Waals surface area contributed by atoms with Crippen LogP contribution in [0.5, 0.6) is 0 Å². The van der Waals surface area contributed by atoms with Gasteiger partial charge in [0.2, 0.25) is 10.0 Å². The molecule has 6 nitrogen and oxygen atoms in total. The summed E-state index contributed by atoms with van der Waals surface area (Å²) in [7, 11) is -3.73. The van der Waals surface area contributed by atoms with E-state index in [4.69, 9.17) is 27.7 Å². The highest BCUT2D eigenvalue weighted by Gasteiger charge is 2.16. The molecule has 0 unspecified atom stereocenters. The molecular weight excluding hydrogens is 313 g/mol. The van der Waals surface area contributed by atoms with Gasteiger partial charge in [0.15, 0.2) is 0 Å². The number of aromatic nitrogens is 2. The summed E-state index contributed by atoms with van der Waals surface area (Å²) in [5.74, 6) is 0.602. The van der Waals surface area contributed by atoms with E-state index in [2.05, 4.69) is 14.9 Å². The van der Waals surface area contributed by atoms with Gasteiger partial charge < -0.3 is 4.52 Å². The predicted octanol–water partition coefficient (Wildman–Crippen LogP) is 2.16. The monoisotopic (exact) mass is 321 g/mol. The maximum atomic E-state index is 12.0. The zero-order valence-corrected chi connectivity index (χ0v) is 12.1. The number of aryl methyl sites for hydroxylation is 1. The van der Waals surface area contributed by atoms with Gasteiger partial charge in [-0.1, -0.05) is 28.4 Å². The van der Waals surface area contributed by atoms with Gasteiger partial charge in [0, 0.05) is 12.3 Å². The van der Waals surface area contributed by atoms with Crippen molar-refractivity contribution in [2.45, 2.75) is 18.4 Å². The fraction of sp³-hybridized carbons (Fsp3) is 0.200. The van der Waals surface area contributed by atoms with Crippen LogP contribution < -0.4 is 4.72 Å². The summed E-state index contributed by atoms with van der Waals surface area (Å²) in [4.78, 5) is 3.62. The van der Waals surface area contributed by atoms with Gasteiger partial charge in [0.25, 0.3) is 0 Å². The van der Waals surface area contributed by atoms with Gasteiger partial charge in [0.05, 0.1) is 17.3 Å². The number of nitrogens with one attached hydrogen (secondary N) is 1. The second-order valence-corrected chi connectivity index (χ2v) is 6.23. The van der Waals surface area contributed by atoms with Gasteiger partial charge in [-0.25, -0.2) is 18.1 Å². The van der Waals surface area contributed by atoms with Crippen molar-refractivity contribution in [3.63, 3.8) is 0 Å². The highest BCUT2D eigenvalue weighted by atomic mass is 35.5. The van der Waals surface area contributed by atoms with Gasteiger partial charge in [-0.05, 0) is 13.0 Å². The van der Waals surface area contributed by atoms with Crippen LogP contribution in [0.15, 0.2) is 27.7 Å². The first-order valence-electron chi connectivity index (χ1n) is 5.11. The molecule has 0 aliphatic carbocycles. The van der Waals surface area contributed by atoms with E-state index in [0.717, 1.165) is 6.20 Å². The standard InChI is InChI=1S/C10H9Cl2N3O3S/c1-6-2-7(15-18-6)4-14-19(16,17)8-3-9(11)10(12)13-5-8/h2-3,5,14H,4H2,1H3. The van der Waals surface area contributed by atoms with Crippen molar-refractivity contribution in [1.82, 2.24) is 14.9 Å². The van der Waals surface area contributed by atoms with Gasteiger partial charge >= 0.3 is 0 Å². The largest absolute Gasteiger partial charge is 0.361 e. The predicted molar refractivity (Wildman–Crippen MR) is 69.5 cm³/mol. The van der Waals surface area contributed by atoms with E-state index in [1.54, 1.807) is 13.0 Å². The quantitative estimate of drug-likeness (QED) is 0.872. The smallest absolute Gasteiger partial charge is 0.242 e. The molecule has 0 spiro atoms. The Hall–Kier alpha value is -1.15. The lowest BCUT2D eigenvalue weighted by Crippen LogP contribution is -2.23. The van der Waals surface area contributed by atoms with Gasteiger partial charge in [-0.15, -0.1) is 0 Å². The molecule has 0 amide bonds. The summed E-state index contributed by atoms with van der Waals surface area (Å²) in [6.45, 7) is 1.73. The van der Waals surface area contributed by atoms with Gasteiger partial charge in [-0.2, -0.15) is 0 Å². The van der Waals surface area contributed by atoms with Crippen LogP contribution >= 0.6 is 23.2 Å². The Morgan fingerprint density at radius 1 is 1.37 bits per heavy atom. The number of pyridine rings is 1. The average Bonchev–Trinajstić information content (AvgIpc) is 2.76. The van der Waals surface area contributed by atoms with E-state index in [1.165, 1.54) is 6.07 Å². The highest BCUT2D eigenvalue weighted by Crippen LogP contribution is 2.22. The molecule has 0 bridgehead atoms. The Labute approximate surface area is 119 Å². The molecule has 102 valence electrons. The molecule has 2 aromatic heterocycles. The van der Waals surface area contributed by atoms with Crippen molar-refractivity contribution in [1.29, 1.82) is 0 Å². The molecule has 19 heavy (non-hydrogen) atoms. The van der Waals surface area contributed by atoms with Crippen molar-refractivity contribution in [2.24, 2.45) is 0 Å². The number of rotatable bonds is 4. The van der Waals surface area contributed by atoms with Crippen LogP contribution in [0.1, 0.15) is 11.5 Å².